The van der Waals surface area contributed by atoms with Crippen LogP contribution in [0.4, 0.5) is 11.4 Å². The molecule has 1 aliphatic heterocycles. The quantitative estimate of drug-likeness (QED) is 0.293. The maximum Gasteiger partial charge on any atom is 0.346 e. The minimum Gasteiger partial charge on any atom is -0.506 e. The highest BCUT2D eigenvalue weighted by Crippen LogP contribution is 2.47. The molecule has 0 saturated heterocycles. The summed E-state index contributed by atoms with van der Waals surface area (Å²) in [6.45, 7) is 0.203. The first-order chi connectivity index (χ1) is 17.0. The lowest BCUT2D eigenvalue weighted by Gasteiger charge is -2.24. The molecule has 0 spiro atoms. The Morgan fingerprint density at radius 3 is 2.47 bits per heavy atom. The molecule has 10 nitrogen and oxygen atoms in total. The van der Waals surface area contributed by atoms with Crippen molar-refractivity contribution in [2.75, 3.05) is 16.3 Å². The molecule has 1 aromatic heterocycles. The molecule has 184 valence electrons. The fourth-order valence-corrected chi connectivity index (χ4v) is 5.97. The third-order valence-corrected chi connectivity index (χ3v) is 7.74. The molecule has 0 bridgehead atoms. The number of sulfonamides is 1. The van der Waals surface area contributed by atoms with Gasteiger partial charge in [-0.25, -0.2) is 8.42 Å². The van der Waals surface area contributed by atoms with Gasteiger partial charge < -0.3 is 19.9 Å². The molecule has 5 rings (SSSR count). The van der Waals surface area contributed by atoms with Gasteiger partial charge in [0.2, 0.25) is 10.0 Å². The number of aromatic nitrogens is 1. The summed E-state index contributed by atoms with van der Waals surface area (Å²) in [7, 11) is -8.05. The SMILES string of the molecule is CS(=O)(=O)Nc1ccc2c(c1)P(=O)(O)N=C(c1c(O)c3ccccc3n(Cc3ccccc3)c1=O)N2. The molecular formula is C24H21N4O6PS. The molecule has 1 aliphatic rings. The van der Waals surface area contributed by atoms with Crippen LogP contribution in [-0.4, -0.2) is 35.1 Å². The van der Waals surface area contributed by atoms with Gasteiger partial charge in [0, 0.05) is 11.1 Å². The standard InChI is InChI=1S/C24H21N4O6PS/c1-36(33,34)27-16-11-12-18-20(13-16)35(31,32)26-23(25-18)21-22(29)17-9-5-6-10-19(17)28(24(21)30)14-15-7-3-2-4-8-15/h2-13,27,29H,14H2,1H3,(H2,25,26,31,32). The highest BCUT2D eigenvalue weighted by Gasteiger charge is 2.33. The van der Waals surface area contributed by atoms with Gasteiger partial charge in [-0.05, 0) is 35.9 Å². The van der Waals surface area contributed by atoms with Crippen LogP contribution in [0.3, 0.4) is 0 Å². The van der Waals surface area contributed by atoms with Gasteiger partial charge in [-0.2, -0.15) is 4.76 Å². The number of nitrogens with zero attached hydrogens (tertiary/aromatic N) is 2. The number of fused-ring (bicyclic) bond motifs is 2. The van der Waals surface area contributed by atoms with E-state index in [9.17, 15) is 27.8 Å². The van der Waals surface area contributed by atoms with E-state index in [4.69, 9.17) is 0 Å². The maximum absolute atomic E-state index is 13.7. The maximum atomic E-state index is 13.7. The van der Waals surface area contributed by atoms with E-state index >= 15 is 0 Å². The average Bonchev–Trinajstić information content (AvgIpc) is 2.82. The zero-order chi connectivity index (χ0) is 25.7. The Bertz CT molecular complexity index is 1770. The van der Waals surface area contributed by atoms with Crippen molar-refractivity contribution in [3.63, 3.8) is 0 Å². The summed E-state index contributed by atoms with van der Waals surface area (Å²) in [6, 6.07) is 20.1. The molecule has 1 unspecified atom stereocenters. The minimum absolute atomic E-state index is 0.0877. The molecular weight excluding hydrogens is 503 g/mol. The van der Waals surface area contributed by atoms with Crippen molar-refractivity contribution >= 4 is 51.0 Å². The summed E-state index contributed by atoms with van der Waals surface area (Å²) in [5.74, 6) is -0.628. The Morgan fingerprint density at radius 1 is 1.06 bits per heavy atom. The number of aromatic hydroxyl groups is 1. The van der Waals surface area contributed by atoms with E-state index in [1.54, 1.807) is 24.3 Å². The number of benzene rings is 3. The Balaban J connectivity index is 1.68. The lowest BCUT2D eigenvalue weighted by Crippen LogP contribution is -2.33. The van der Waals surface area contributed by atoms with E-state index in [-0.39, 0.29) is 40.4 Å². The van der Waals surface area contributed by atoms with E-state index in [1.165, 1.54) is 22.8 Å². The van der Waals surface area contributed by atoms with Crippen LogP contribution in [0.15, 0.2) is 82.4 Å². The van der Waals surface area contributed by atoms with Gasteiger partial charge in [0.1, 0.15) is 11.3 Å². The molecule has 4 N–H and O–H groups in total. The van der Waals surface area contributed by atoms with Crippen LogP contribution >= 0.6 is 7.52 Å². The Labute approximate surface area is 206 Å². The number of anilines is 2. The Hall–Kier alpha value is -3.92. The summed E-state index contributed by atoms with van der Waals surface area (Å²) in [5.41, 5.74) is 0.747. The largest absolute Gasteiger partial charge is 0.506 e. The first-order valence-corrected chi connectivity index (χ1v) is 14.3. The lowest BCUT2D eigenvalue weighted by atomic mass is 10.1. The summed E-state index contributed by atoms with van der Waals surface area (Å²) >= 11 is 0. The zero-order valence-electron chi connectivity index (χ0n) is 18.9. The highest BCUT2D eigenvalue weighted by atomic mass is 32.2. The van der Waals surface area contributed by atoms with Crippen LogP contribution in [-0.2, 0) is 21.1 Å². The van der Waals surface area contributed by atoms with E-state index < -0.39 is 23.1 Å². The summed E-state index contributed by atoms with van der Waals surface area (Å²) in [5, 5.41) is 14.2. The molecule has 3 aromatic carbocycles. The van der Waals surface area contributed by atoms with Crippen molar-refractivity contribution in [3.8, 4) is 5.75 Å². The lowest BCUT2D eigenvalue weighted by molar-refractivity contribution is 0.477. The van der Waals surface area contributed by atoms with Gasteiger partial charge in [-0.15, -0.1) is 0 Å². The van der Waals surface area contributed by atoms with Crippen molar-refractivity contribution in [1.82, 2.24) is 4.57 Å². The fraction of sp³-hybridized carbons (Fsp3) is 0.0833. The van der Waals surface area contributed by atoms with Crippen LogP contribution < -0.4 is 20.9 Å². The zero-order valence-corrected chi connectivity index (χ0v) is 20.6. The topological polar surface area (TPSA) is 150 Å². The van der Waals surface area contributed by atoms with Gasteiger partial charge in [-0.3, -0.25) is 14.1 Å². The fourth-order valence-electron chi connectivity index (χ4n) is 4.14. The molecule has 36 heavy (non-hydrogen) atoms. The third-order valence-electron chi connectivity index (χ3n) is 5.67. The predicted octanol–water partition coefficient (Wildman–Crippen LogP) is 2.81. The molecule has 0 saturated carbocycles. The number of nitrogens with one attached hydrogen (secondary N) is 2. The van der Waals surface area contributed by atoms with Gasteiger partial charge in [-0.1, -0.05) is 42.5 Å². The second kappa shape index (κ2) is 8.63. The van der Waals surface area contributed by atoms with Gasteiger partial charge in [0.05, 0.1) is 29.3 Å². The number of rotatable bonds is 5. The van der Waals surface area contributed by atoms with Crippen molar-refractivity contribution in [2.45, 2.75) is 6.54 Å². The van der Waals surface area contributed by atoms with Crippen LogP contribution in [0.2, 0.25) is 0 Å². The number of amidine groups is 1. The third kappa shape index (κ3) is 4.39. The van der Waals surface area contributed by atoms with Crippen LogP contribution in [0, 0.1) is 0 Å². The molecule has 12 heteroatoms. The minimum atomic E-state index is -4.44. The normalized spacial score (nSPS) is 17.2. The van der Waals surface area contributed by atoms with Crippen molar-refractivity contribution < 1.29 is 23.0 Å². The number of pyridine rings is 1. The van der Waals surface area contributed by atoms with E-state index in [2.05, 4.69) is 14.8 Å². The predicted molar refractivity (Wildman–Crippen MR) is 140 cm³/mol. The van der Waals surface area contributed by atoms with Gasteiger partial charge in [0.25, 0.3) is 5.56 Å². The van der Waals surface area contributed by atoms with Crippen molar-refractivity contribution in [2.24, 2.45) is 4.76 Å². The Morgan fingerprint density at radius 2 is 1.75 bits per heavy atom. The van der Waals surface area contributed by atoms with Gasteiger partial charge >= 0.3 is 7.52 Å². The number of hydrogen-bond donors (Lipinski definition) is 4. The molecule has 1 atom stereocenters. The first kappa shape index (κ1) is 23.8. The van der Waals surface area contributed by atoms with Crippen LogP contribution in [0.25, 0.3) is 10.9 Å². The summed E-state index contributed by atoms with van der Waals surface area (Å²) in [4.78, 5) is 24.4. The molecule has 0 aliphatic carbocycles. The highest BCUT2D eigenvalue weighted by molar-refractivity contribution is 7.92. The van der Waals surface area contributed by atoms with Crippen LogP contribution in [0.5, 0.6) is 5.75 Å². The summed E-state index contributed by atoms with van der Waals surface area (Å²) in [6.07, 6.45) is 0.961. The molecule has 4 aromatic rings. The van der Waals surface area contributed by atoms with Gasteiger partial charge in [0.15, 0.2) is 5.84 Å². The second-order valence-corrected chi connectivity index (χ2v) is 11.9. The van der Waals surface area contributed by atoms with E-state index in [1.807, 2.05) is 30.3 Å². The van der Waals surface area contributed by atoms with Crippen LogP contribution in [0.1, 0.15) is 11.1 Å². The second-order valence-electron chi connectivity index (χ2n) is 8.34. The van der Waals surface area contributed by atoms with E-state index in [0.717, 1.165) is 11.8 Å². The van der Waals surface area contributed by atoms with Crippen molar-refractivity contribution in [3.05, 3.63) is 94.3 Å². The molecule has 0 amide bonds. The number of hydrogen-bond acceptors (Lipinski definition) is 6. The smallest absolute Gasteiger partial charge is 0.346 e. The number of para-hydroxylation sites is 1. The monoisotopic (exact) mass is 524 g/mol. The molecule has 0 fully saturated rings. The molecule has 2 heterocycles. The summed E-state index contributed by atoms with van der Waals surface area (Å²) < 4.78 is 43.9. The Kier molecular flexibility index (Phi) is 5.71. The molecule has 0 radical (unpaired) electrons. The van der Waals surface area contributed by atoms with Crippen molar-refractivity contribution in [1.29, 1.82) is 0 Å². The first-order valence-electron chi connectivity index (χ1n) is 10.7. The van der Waals surface area contributed by atoms with E-state index in [0.29, 0.717) is 10.9 Å². The average molecular weight is 524 g/mol.